The van der Waals surface area contributed by atoms with Crippen LogP contribution in [0.1, 0.15) is 41.4 Å². The summed E-state index contributed by atoms with van der Waals surface area (Å²) in [4.78, 5) is 15.8. The number of likely N-dealkylation sites (N-methyl/N-ethyl adjacent to an activating group) is 1. The summed E-state index contributed by atoms with van der Waals surface area (Å²) in [6.45, 7) is 7.33. The van der Waals surface area contributed by atoms with Crippen LogP contribution in [0.3, 0.4) is 0 Å². The molecule has 0 aliphatic rings. The van der Waals surface area contributed by atoms with E-state index in [1.807, 2.05) is 0 Å². The van der Waals surface area contributed by atoms with Crippen LogP contribution in [-0.2, 0) is 15.6 Å². The predicted octanol–water partition coefficient (Wildman–Crippen LogP) is 5.60. The van der Waals surface area contributed by atoms with Crippen LogP contribution >= 0.6 is 0 Å². The fourth-order valence-corrected chi connectivity index (χ4v) is 6.45. The number of nitrogens with one attached hydrogen (secondary N) is 1. The van der Waals surface area contributed by atoms with E-state index < -0.39 is 27.5 Å². The third kappa shape index (κ3) is 6.87. The van der Waals surface area contributed by atoms with E-state index in [1.54, 1.807) is 72.8 Å². The van der Waals surface area contributed by atoms with Crippen LogP contribution in [0.2, 0.25) is 0 Å². The number of benzene rings is 3. The first-order valence-electron chi connectivity index (χ1n) is 13.6. The second-order valence-electron chi connectivity index (χ2n) is 9.57. The summed E-state index contributed by atoms with van der Waals surface area (Å²) in [6.07, 6.45) is 1.36. The number of aliphatic hydroxyl groups is 1. The molecule has 9 heteroatoms. The number of rotatable bonds is 14. The largest absolute Gasteiger partial charge is 0.496 e. The van der Waals surface area contributed by atoms with Gasteiger partial charge in [0.1, 0.15) is 11.9 Å². The van der Waals surface area contributed by atoms with Crippen LogP contribution in [-0.4, -0.2) is 57.5 Å². The highest BCUT2D eigenvalue weighted by molar-refractivity contribution is 7.90. The van der Waals surface area contributed by atoms with Crippen molar-refractivity contribution in [1.82, 2.24) is 4.90 Å². The van der Waals surface area contributed by atoms with Crippen molar-refractivity contribution in [3.8, 4) is 16.9 Å². The lowest BCUT2D eigenvalue weighted by atomic mass is 9.92. The van der Waals surface area contributed by atoms with Gasteiger partial charge < -0.3 is 24.5 Å². The summed E-state index contributed by atoms with van der Waals surface area (Å²) < 4.78 is 38.7. The van der Waals surface area contributed by atoms with Gasteiger partial charge in [0.25, 0.3) is 0 Å². The number of para-hydroxylation sites is 1. The summed E-state index contributed by atoms with van der Waals surface area (Å²) >= 11 is 0. The summed E-state index contributed by atoms with van der Waals surface area (Å²) in [6, 6.07) is 20.2. The highest BCUT2D eigenvalue weighted by Gasteiger charge is 2.30. The number of furan rings is 1. The van der Waals surface area contributed by atoms with E-state index in [0.29, 0.717) is 28.9 Å². The number of carbonyl (C=O) groups is 1. The van der Waals surface area contributed by atoms with Gasteiger partial charge in [0.05, 0.1) is 36.0 Å². The van der Waals surface area contributed by atoms with Crippen LogP contribution in [0.4, 0.5) is 5.69 Å². The number of aliphatic hydroxyl groups excluding tert-OH is 1. The Morgan fingerprint density at radius 3 is 2.37 bits per heavy atom. The molecule has 8 nitrogen and oxygen atoms in total. The molecule has 1 atom stereocenters. The van der Waals surface area contributed by atoms with E-state index in [-0.39, 0.29) is 21.8 Å². The quantitative estimate of drug-likeness (QED) is 0.187. The molecule has 0 saturated carbocycles. The standard InChI is InChI=1S/C32H36N2O6S/c1-4-34(5-2)19-18-33-27-13-9-10-14-28(27)41(37,38)22-25-15-16-26(24-17-20-40-21-24)32(39-3)29(25)31(36)30(35)23-11-7-6-8-12-23/h6-17,20-21,31,33,36H,4-5,18-19,22H2,1-3H3. The molecule has 4 aromatic rings. The van der Waals surface area contributed by atoms with Crippen LogP contribution in [0.15, 0.2) is 94.6 Å². The van der Waals surface area contributed by atoms with Gasteiger partial charge in [-0.15, -0.1) is 0 Å². The molecule has 1 aromatic heterocycles. The summed E-state index contributed by atoms with van der Waals surface area (Å²) in [5.74, 6) is -0.801. The Hall–Kier alpha value is -3.92. The first-order chi connectivity index (χ1) is 19.8. The average Bonchev–Trinajstić information content (AvgIpc) is 3.54. The van der Waals surface area contributed by atoms with Gasteiger partial charge in [0, 0.05) is 35.3 Å². The summed E-state index contributed by atoms with van der Waals surface area (Å²) in [5.41, 5.74) is 2.41. The lowest BCUT2D eigenvalue weighted by molar-refractivity contribution is 0.0741. The van der Waals surface area contributed by atoms with Gasteiger partial charge in [-0.1, -0.05) is 68.4 Å². The fraction of sp³-hybridized carbons (Fsp3) is 0.281. The number of anilines is 1. The number of sulfone groups is 1. The Kier molecular flexibility index (Phi) is 9.99. The lowest BCUT2D eigenvalue weighted by Gasteiger charge is -2.22. The van der Waals surface area contributed by atoms with Gasteiger partial charge in [-0.2, -0.15) is 0 Å². The van der Waals surface area contributed by atoms with Crippen molar-refractivity contribution in [2.24, 2.45) is 0 Å². The fourth-order valence-electron chi connectivity index (χ4n) is 4.88. The maximum atomic E-state index is 13.9. The summed E-state index contributed by atoms with van der Waals surface area (Å²) in [5, 5.41) is 14.7. The van der Waals surface area contributed by atoms with Gasteiger partial charge >= 0.3 is 0 Å². The Labute approximate surface area is 241 Å². The van der Waals surface area contributed by atoms with E-state index in [0.717, 1.165) is 19.6 Å². The normalized spacial score (nSPS) is 12.3. The van der Waals surface area contributed by atoms with Gasteiger partial charge in [-0.05, 0) is 36.9 Å². The molecule has 0 spiro atoms. The van der Waals surface area contributed by atoms with E-state index in [9.17, 15) is 18.3 Å². The maximum Gasteiger partial charge on any atom is 0.195 e. The Balaban J connectivity index is 1.75. The smallest absolute Gasteiger partial charge is 0.195 e. The van der Waals surface area contributed by atoms with Crippen molar-refractivity contribution in [3.05, 3.63) is 102 Å². The van der Waals surface area contributed by atoms with Crippen molar-refractivity contribution < 1.29 is 27.5 Å². The molecule has 0 radical (unpaired) electrons. The van der Waals surface area contributed by atoms with Crippen molar-refractivity contribution >= 4 is 21.3 Å². The van der Waals surface area contributed by atoms with Gasteiger partial charge in [-0.25, -0.2) is 8.42 Å². The molecule has 0 amide bonds. The van der Waals surface area contributed by atoms with E-state index in [1.165, 1.54) is 19.6 Å². The van der Waals surface area contributed by atoms with Gasteiger partial charge in [0.15, 0.2) is 15.6 Å². The Morgan fingerprint density at radius 2 is 1.71 bits per heavy atom. The number of Topliss-reactive ketones (excluding diaryl/α,β-unsaturated/α-hetero) is 1. The average molecular weight is 577 g/mol. The first kappa shape index (κ1) is 30.0. The zero-order valence-electron chi connectivity index (χ0n) is 23.5. The number of hydrogen-bond donors (Lipinski definition) is 2. The zero-order chi connectivity index (χ0) is 29.4. The number of ether oxygens (including phenoxy) is 1. The monoisotopic (exact) mass is 576 g/mol. The van der Waals surface area contributed by atoms with Crippen molar-refractivity contribution in [2.75, 3.05) is 38.6 Å². The molecular formula is C32H36N2O6S. The number of methoxy groups -OCH3 is 1. The molecule has 4 rings (SSSR count). The minimum absolute atomic E-state index is 0.107. The van der Waals surface area contributed by atoms with E-state index >= 15 is 0 Å². The molecule has 0 saturated heterocycles. The van der Waals surface area contributed by atoms with E-state index in [2.05, 4.69) is 24.1 Å². The number of hydrogen-bond acceptors (Lipinski definition) is 8. The van der Waals surface area contributed by atoms with E-state index in [4.69, 9.17) is 9.15 Å². The minimum atomic E-state index is -3.92. The topological polar surface area (TPSA) is 109 Å². The number of ketones is 1. The summed E-state index contributed by atoms with van der Waals surface area (Å²) in [7, 11) is -2.49. The van der Waals surface area contributed by atoms with Crippen molar-refractivity contribution in [2.45, 2.75) is 30.6 Å². The third-order valence-corrected chi connectivity index (χ3v) is 8.83. The van der Waals surface area contributed by atoms with Crippen LogP contribution < -0.4 is 10.1 Å². The van der Waals surface area contributed by atoms with Crippen molar-refractivity contribution in [1.29, 1.82) is 0 Å². The maximum absolute atomic E-state index is 13.9. The molecular weight excluding hydrogens is 540 g/mol. The zero-order valence-corrected chi connectivity index (χ0v) is 24.4. The molecule has 0 bridgehead atoms. The lowest BCUT2D eigenvalue weighted by Crippen LogP contribution is -2.28. The molecule has 3 aromatic carbocycles. The van der Waals surface area contributed by atoms with Crippen LogP contribution in [0, 0.1) is 0 Å². The second kappa shape index (κ2) is 13.6. The van der Waals surface area contributed by atoms with Gasteiger partial charge in [-0.3, -0.25) is 4.79 Å². The molecule has 41 heavy (non-hydrogen) atoms. The third-order valence-electron chi connectivity index (χ3n) is 7.11. The Morgan fingerprint density at radius 1 is 1.00 bits per heavy atom. The first-order valence-corrected chi connectivity index (χ1v) is 15.2. The SMILES string of the molecule is CCN(CC)CCNc1ccccc1S(=O)(=O)Cc1ccc(-c2ccoc2)c(OC)c1C(O)C(=O)c1ccccc1. The molecule has 0 aliphatic heterocycles. The Bertz CT molecular complexity index is 1550. The van der Waals surface area contributed by atoms with Crippen LogP contribution in [0.25, 0.3) is 11.1 Å². The predicted molar refractivity (Wildman–Crippen MR) is 160 cm³/mol. The number of nitrogens with zero attached hydrogens (tertiary/aromatic N) is 1. The molecule has 0 aliphatic carbocycles. The van der Waals surface area contributed by atoms with Gasteiger partial charge in [0.2, 0.25) is 0 Å². The molecule has 216 valence electrons. The number of carbonyl (C=O) groups excluding carboxylic acids is 1. The molecule has 1 unspecified atom stereocenters. The highest BCUT2D eigenvalue weighted by atomic mass is 32.2. The van der Waals surface area contributed by atoms with Crippen molar-refractivity contribution in [3.63, 3.8) is 0 Å². The molecule has 2 N–H and O–H groups in total. The van der Waals surface area contributed by atoms with Crippen LogP contribution in [0.5, 0.6) is 5.75 Å². The molecule has 1 heterocycles. The minimum Gasteiger partial charge on any atom is -0.496 e. The molecule has 0 fully saturated rings. The highest BCUT2D eigenvalue weighted by Crippen LogP contribution is 2.41. The second-order valence-corrected chi connectivity index (χ2v) is 11.5.